The maximum Gasteiger partial charge on any atom is 0.301 e. The van der Waals surface area contributed by atoms with E-state index in [-0.39, 0.29) is 5.41 Å². The average molecular weight is 744 g/mol. The molecule has 0 fully saturated rings. The van der Waals surface area contributed by atoms with Crippen LogP contribution in [-0.2, 0) is 9.98 Å². The minimum absolute atomic E-state index is 0.0746. The van der Waals surface area contributed by atoms with E-state index in [2.05, 4.69) is 156 Å². The van der Waals surface area contributed by atoms with Crippen molar-refractivity contribution in [2.75, 3.05) is 14.2 Å². The molecule has 0 N–H and O–H groups in total. The van der Waals surface area contributed by atoms with E-state index in [1.807, 2.05) is 66.7 Å². The third-order valence-electron chi connectivity index (χ3n) is 11.7. The summed E-state index contributed by atoms with van der Waals surface area (Å²) in [6.07, 6.45) is 6.82. The van der Waals surface area contributed by atoms with Crippen molar-refractivity contribution >= 4 is 58.1 Å². The molecule has 3 aliphatic rings. The van der Waals surface area contributed by atoms with E-state index in [0.29, 0.717) is 0 Å². The fraction of sp³-hybridized carbons (Fsp3) is 0.0980. The molecule has 7 aromatic rings. The first kappa shape index (κ1) is 34.2. The molecule has 56 heavy (non-hydrogen) atoms. The van der Waals surface area contributed by atoms with Gasteiger partial charge in [-0.05, 0) is 120 Å². The number of hydrogen-bond donors (Lipinski definition) is 0. The van der Waals surface area contributed by atoms with Crippen LogP contribution in [-0.4, -0.2) is 0 Å². The molecule has 7 aromatic carbocycles. The number of para-hydroxylation sites is 2. The highest BCUT2D eigenvalue weighted by Crippen LogP contribution is 2.70. The summed E-state index contributed by atoms with van der Waals surface area (Å²) in [7, 11) is -3.51. The second-order valence-corrected chi connectivity index (χ2v) is 17.7. The minimum Gasteiger partial charge on any atom is -0.310 e. The van der Waals surface area contributed by atoms with Crippen LogP contribution in [0.4, 0.5) is 39.8 Å². The smallest absolute Gasteiger partial charge is 0.301 e. The molecule has 1 aliphatic heterocycles. The largest absolute Gasteiger partial charge is 0.310 e. The Bertz CT molecular complexity index is 2690. The van der Waals surface area contributed by atoms with Gasteiger partial charge in [-0.3, -0.25) is 13.9 Å². The van der Waals surface area contributed by atoms with Gasteiger partial charge in [0.05, 0.1) is 16.7 Å². The molecule has 0 amide bonds. The fourth-order valence-electron chi connectivity index (χ4n) is 9.00. The van der Waals surface area contributed by atoms with E-state index in [1.54, 1.807) is 0 Å². The molecule has 0 aromatic heterocycles. The van der Waals surface area contributed by atoms with Crippen molar-refractivity contribution in [3.05, 3.63) is 211 Å². The Labute approximate surface area is 329 Å². The van der Waals surface area contributed by atoms with Crippen molar-refractivity contribution < 1.29 is 4.57 Å². The Morgan fingerprint density at radius 3 is 1.75 bits per heavy atom. The van der Waals surface area contributed by atoms with Gasteiger partial charge in [0.1, 0.15) is 0 Å². The first-order valence-corrected chi connectivity index (χ1v) is 21.1. The van der Waals surface area contributed by atoms with Gasteiger partial charge in [0, 0.05) is 33.9 Å². The lowest BCUT2D eigenvalue weighted by atomic mass is 9.78. The van der Waals surface area contributed by atoms with Gasteiger partial charge >= 0.3 is 7.44 Å². The second kappa shape index (κ2) is 13.4. The SMILES string of the molecule is CC1(C)C2=C(C=CCC2)c2ccc(N(c3ccc(-c4ccccc4)cc3)c3ccc4c(c3)N(c3ccccc3)P(=O)(c3ccccc3)N4c3ccccc3)cc21. The number of allylic oxidation sites excluding steroid dienone is 4. The maximum absolute atomic E-state index is 16.3. The van der Waals surface area contributed by atoms with Crippen molar-refractivity contribution in [1.29, 1.82) is 0 Å². The molecule has 2 aliphatic carbocycles. The highest BCUT2D eigenvalue weighted by molar-refractivity contribution is 7.76. The molecule has 10 rings (SSSR count). The van der Waals surface area contributed by atoms with Crippen LogP contribution in [0.1, 0.15) is 37.8 Å². The Balaban J connectivity index is 1.19. The third kappa shape index (κ3) is 5.39. The van der Waals surface area contributed by atoms with Gasteiger partial charge < -0.3 is 4.90 Å². The molecule has 0 saturated heterocycles. The average Bonchev–Trinajstić information content (AvgIpc) is 3.66. The van der Waals surface area contributed by atoms with Gasteiger partial charge in [-0.15, -0.1) is 0 Å². The molecule has 0 saturated carbocycles. The summed E-state index contributed by atoms with van der Waals surface area (Å²) in [4.78, 5) is 2.36. The molecule has 0 bridgehead atoms. The zero-order valence-electron chi connectivity index (χ0n) is 31.6. The second-order valence-electron chi connectivity index (χ2n) is 15.3. The van der Waals surface area contributed by atoms with Gasteiger partial charge in [0.25, 0.3) is 0 Å². The van der Waals surface area contributed by atoms with Gasteiger partial charge in [0.2, 0.25) is 0 Å². The van der Waals surface area contributed by atoms with E-state index in [9.17, 15) is 0 Å². The molecule has 0 spiro atoms. The van der Waals surface area contributed by atoms with E-state index in [4.69, 9.17) is 0 Å². The minimum atomic E-state index is -3.51. The molecule has 5 heteroatoms. The lowest BCUT2D eigenvalue weighted by Gasteiger charge is -2.33. The van der Waals surface area contributed by atoms with Crippen molar-refractivity contribution in [3.8, 4) is 11.1 Å². The highest BCUT2D eigenvalue weighted by atomic mass is 31.2. The number of rotatable bonds is 7. The lowest BCUT2D eigenvalue weighted by Crippen LogP contribution is -2.26. The Kier molecular flexibility index (Phi) is 8.20. The van der Waals surface area contributed by atoms with Crippen LogP contribution < -0.4 is 19.5 Å². The summed E-state index contributed by atoms with van der Waals surface area (Å²) >= 11 is 0. The van der Waals surface area contributed by atoms with Crippen molar-refractivity contribution in [2.45, 2.75) is 32.1 Å². The summed E-state index contributed by atoms with van der Waals surface area (Å²) in [6, 6.07) is 63.2. The number of hydrogen-bond acceptors (Lipinski definition) is 2. The van der Waals surface area contributed by atoms with Crippen LogP contribution >= 0.6 is 7.44 Å². The summed E-state index contributed by atoms with van der Waals surface area (Å²) in [5.41, 5.74) is 14.5. The molecule has 1 heterocycles. The first-order valence-electron chi connectivity index (χ1n) is 19.4. The molecule has 272 valence electrons. The first-order chi connectivity index (χ1) is 27.4. The summed E-state index contributed by atoms with van der Waals surface area (Å²) in [5, 5.41) is 0.769. The van der Waals surface area contributed by atoms with Gasteiger partial charge in [-0.2, -0.15) is 0 Å². The molecular formula is C51H42N3OP. The zero-order valence-corrected chi connectivity index (χ0v) is 32.5. The maximum atomic E-state index is 16.3. The topological polar surface area (TPSA) is 26.8 Å². The van der Waals surface area contributed by atoms with Gasteiger partial charge in [-0.25, -0.2) is 0 Å². The molecule has 0 radical (unpaired) electrons. The number of benzene rings is 7. The Morgan fingerprint density at radius 2 is 1.09 bits per heavy atom. The quantitative estimate of drug-likeness (QED) is 0.152. The lowest BCUT2D eigenvalue weighted by molar-refractivity contribution is 0.582. The number of nitrogens with zero attached hydrogens (tertiary/aromatic N) is 3. The molecule has 4 nitrogen and oxygen atoms in total. The monoisotopic (exact) mass is 743 g/mol. The number of anilines is 7. The van der Waals surface area contributed by atoms with E-state index < -0.39 is 7.44 Å². The normalized spacial score (nSPS) is 17.8. The van der Waals surface area contributed by atoms with Crippen LogP contribution in [0.3, 0.4) is 0 Å². The predicted octanol–water partition coefficient (Wildman–Crippen LogP) is 14.0. The third-order valence-corrected chi connectivity index (χ3v) is 14.6. The van der Waals surface area contributed by atoms with Gasteiger partial charge in [0.15, 0.2) is 0 Å². The summed E-state index contributed by atoms with van der Waals surface area (Å²) < 4.78 is 20.4. The highest BCUT2D eigenvalue weighted by Gasteiger charge is 2.49. The Hall–Kier alpha value is -6.35. The Morgan fingerprint density at radius 1 is 0.554 bits per heavy atom. The van der Waals surface area contributed by atoms with Crippen LogP contribution in [0.25, 0.3) is 16.7 Å². The van der Waals surface area contributed by atoms with E-state index in [0.717, 1.165) is 58.0 Å². The van der Waals surface area contributed by atoms with Crippen LogP contribution in [0, 0.1) is 0 Å². The van der Waals surface area contributed by atoms with Crippen LogP contribution in [0.2, 0.25) is 0 Å². The predicted molar refractivity (Wildman–Crippen MR) is 236 cm³/mol. The van der Waals surface area contributed by atoms with Crippen LogP contribution in [0.15, 0.2) is 200 Å². The summed E-state index contributed by atoms with van der Waals surface area (Å²) in [5.74, 6) is 0. The molecule has 1 atom stereocenters. The van der Waals surface area contributed by atoms with Crippen molar-refractivity contribution in [3.63, 3.8) is 0 Å². The van der Waals surface area contributed by atoms with E-state index in [1.165, 1.54) is 33.4 Å². The zero-order chi connectivity index (χ0) is 37.9. The van der Waals surface area contributed by atoms with Crippen molar-refractivity contribution in [1.82, 2.24) is 0 Å². The summed E-state index contributed by atoms with van der Waals surface area (Å²) in [6.45, 7) is 4.75. The fourth-order valence-corrected chi connectivity index (χ4v) is 12.0. The molecular weight excluding hydrogens is 702 g/mol. The van der Waals surface area contributed by atoms with E-state index >= 15 is 4.57 Å². The van der Waals surface area contributed by atoms with Crippen molar-refractivity contribution in [2.24, 2.45) is 0 Å². The number of fused-ring (bicyclic) bond motifs is 3. The van der Waals surface area contributed by atoms with Crippen LogP contribution in [0.5, 0.6) is 0 Å². The standard InChI is InChI=1S/C51H42N3OP/c1-51(2)47-26-16-15-25-45(47)46-33-31-42(35-48(46)51)52(39-29-27-38(28-30-39)37-17-7-3-8-18-37)43-32-34-49-50(36-43)54(41-21-11-5-12-22-41)56(55,44-23-13-6-14-24-44)53(49)40-19-9-4-10-20-40/h3-15,17-25,27-36H,16,26H2,1-2H3. The molecule has 1 unspecified atom stereocenters. The van der Waals surface area contributed by atoms with Gasteiger partial charge in [-0.1, -0.05) is 135 Å².